The molecule has 0 aromatic heterocycles. The minimum absolute atomic E-state index is 0.126. The standard InChI is InChI=1S/C12H16O4S/c1-17(13)9-16-11-7-14-12(15-8-11)10-5-3-2-4-6-10/h2-6,11-12H,7-9H2,1H3. The van der Waals surface area contributed by atoms with Crippen LogP contribution >= 0.6 is 0 Å². The third-order valence-electron chi connectivity index (χ3n) is 2.41. The van der Waals surface area contributed by atoms with Gasteiger partial charge in [-0.3, -0.25) is 0 Å². The molecule has 94 valence electrons. The molecule has 1 heterocycles. The van der Waals surface area contributed by atoms with Crippen molar-refractivity contribution in [2.45, 2.75) is 12.4 Å². The molecule has 1 aromatic rings. The number of hydrogen-bond acceptors (Lipinski definition) is 4. The molecule has 1 aliphatic rings. The summed E-state index contributed by atoms with van der Waals surface area (Å²) >= 11 is -0.945. The predicted molar refractivity (Wildman–Crippen MR) is 64.9 cm³/mol. The molecule has 0 aliphatic carbocycles. The lowest BCUT2D eigenvalue weighted by molar-refractivity contribution is -0.227. The van der Waals surface area contributed by atoms with Crippen molar-refractivity contribution in [1.82, 2.24) is 0 Å². The maximum absolute atomic E-state index is 10.9. The van der Waals surface area contributed by atoms with Crippen LogP contribution in [0.4, 0.5) is 0 Å². The van der Waals surface area contributed by atoms with Gasteiger partial charge in [-0.2, -0.15) is 0 Å². The zero-order chi connectivity index (χ0) is 12.1. The Bertz CT molecular complexity index is 323. The van der Waals surface area contributed by atoms with Gasteiger partial charge in [0.2, 0.25) is 5.94 Å². The van der Waals surface area contributed by atoms with Gasteiger partial charge in [0.1, 0.15) is 6.10 Å². The highest BCUT2D eigenvalue weighted by Crippen LogP contribution is 2.23. The van der Waals surface area contributed by atoms with Gasteiger partial charge < -0.3 is 18.8 Å². The van der Waals surface area contributed by atoms with Gasteiger partial charge in [-0.1, -0.05) is 30.3 Å². The molecule has 0 spiro atoms. The van der Waals surface area contributed by atoms with E-state index < -0.39 is 11.2 Å². The SMILES string of the molecule is C[S+]([O-])COC1COC(c2ccccc2)OC1. The maximum atomic E-state index is 10.9. The fourth-order valence-electron chi connectivity index (χ4n) is 1.58. The molecular formula is C12H16O4S. The van der Waals surface area contributed by atoms with E-state index in [9.17, 15) is 4.55 Å². The van der Waals surface area contributed by atoms with Crippen LogP contribution in [-0.2, 0) is 25.4 Å². The van der Waals surface area contributed by atoms with Gasteiger partial charge in [0, 0.05) is 5.56 Å². The smallest absolute Gasteiger partial charge is 0.205 e. The van der Waals surface area contributed by atoms with Crippen LogP contribution in [0.3, 0.4) is 0 Å². The molecule has 0 N–H and O–H groups in total. The Balaban J connectivity index is 1.78. The Hall–Kier alpha value is -0.590. The van der Waals surface area contributed by atoms with Crippen molar-refractivity contribution in [3.05, 3.63) is 35.9 Å². The van der Waals surface area contributed by atoms with Crippen LogP contribution in [0.1, 0.15) is 11.9 Å². The molecule has 0 radical (unpaired) electrons. The van der Waals surface area contributed by atoms with Gasteiger partial charge in [-0.25, -0.2) is 0 Å². The van der Waals surface area contributed by atoms with E-state index in [1.807, 2.05) is 30.3 Å². The molecule has 1 aromatic carbocycles. The van der Waals surface area contributed by atoms with Crippen LogP contribution in [0.25, 0.3) is 0 Å². The summed E-state index contributed by atoms with van der Waals surface area (Å²) in [6.45, 7) is 0.938. The normalized spacial score (nSPS) is 26.7. The summed E-state index contributed by atoms with van der Waals surface area (Å²) in [6, 6.07) is 9.78. The number of rotatable bonds is 4. The van der Waals surface area contributed by atoms with Gasteiger partial charge in [0.15, 0.2) is 6.29 Å². The fraction of sp³-hybridized carbons (Fsp3) is 0.500. The van der Waals surface area contributed by atoms with Crippen molar-refractivity contribution in [2.75, 3.05) is 25.4 Å². The molecule has 1 saturated heterocycles. The van der Waals surface area contributed by atoms with E-state index in [-0.39, 0.29) is 18.3 Å². The first-order chi connectivity index (χ1) is 8.25. The van der Waals surface area contributed by atoms with E-state index in [2.05, 4.69) is 0 Å². The van der Waals surface area contributed by atoms with E-state index in [4.69, 9.17) is 14.2 Å². The average molecular weight is 256 g/mol. The highest BCUT2D eigenvalue weighted by molar-refractivity contribution is 7.90. The lowest BCUT2D eigenvalue weighted by Crippen LogP contribution is -2.34. The molecule has 0 amide bonds. The van der Waals surface area contributed by atoms with E-state index in [1.54, 1.807) is 6.26 Å². The highest BCUT2D eigenvalue weighted by Gasteiger charge is 2.24. The van der Waals surface area contributed by atoms with Crippen LogP contribution in [0.2, 0.25) is 0 Å². The average Bonchev–Trinajstić information content (AvgIpc) is 2.38. The summed E-state index contributed by atoms with van der Waals surface area (Å²) in [5.41, 5.74) is 1.00. The minimum Gasteiger partial charge on any atom is -0.615 e. The van der Waals surface area contributed by atoms with Crippen molar-refractivity contribution in [3.63, 3.8) is 0 Å². The van der Waals surface area contributed by atoms with Crippen LogP contribution < -0.4 is 0 Å². The fourth-order valence-corrected chi connectivity index (χ4v) is 1.96. The third kappa shape index (κ3) is 3.97. The lowest BCUT2D eigenvalue weighted by atomic mass is 10.2. The summed E-state index contributed by atoms with van der Waals surface area (Å²) in [5.74, 6) is 0.230. The quantitative estimate of drug-likeness (QED) is 0.765. The van der Waals surface area contributed by atoms with Crippen molar-refractivity contribution < 1.29 is 18.8 Å². The van der Waals surface area contributed by atoms with Gasteiger partial charge in [0.25, 0.3) is 0 Å². The van der Waals surface area contributed by atoms with E-state index in [0.29, 0.717) is 13.2 Å². The van der Waals surface area contributed by atoms with E-state index in [0.717, 1.165) is 5.56 Å². The summed E-state index contributed by atoms with van der Waals surface area (Å²) in [6.07, 6.45) is 1.17. The predicted octanol–water partition coefficient (Wildman–Crippen LogP) is 1.45. The van der Waals surface area contributed by atoms with Gasteiger partial charge in [-0.15, -0.1) is 0 Å². The Labute approximate surface area is 104 Å². The first kappa shape index (κ1) is 12.9. The van der Waals surface area contributed by atoms with Crippen molar-refractivity contribution >= 4 is 11.2 Å². The Kier molecular flexibility index (Phi) is 4.82. The van der Waals surface area contributed by atoms with Crippen molar-refractivity contribution in [2.24, 2.45) is 0 Å². The van der Waals surface area contributed by atoms with Crippen molar-refractivity contribution in [3.8, 4) is 0 Å². The monoisotopic (exact) mass is 256 g/mol. The summed E-state index contributed by atoms with van der Waals surface area (Å²) in [5, 5.41) is 0. The summed E-state index contributed by atoms with van der Waals surface area (Å²) in [7, 11) is 0. The first-order valence-corrected chi connectivity index (χ1v) is 7.18. The minimum atomic E-state index is -0.945. The van der Waals surface area contributed by atoms with Crippen LogP contribution in [0.15, 0.2) is 30.3 Å². The Morgan fingerprint density at radius 1 is 1.29 bits per heavy atom. The van der Waals surface area contributed by atoms with E-state index in [1.165, 1.54) is 0 Å². The Morgan fingerprint density at radius 2 is 1.94 bits per heavy atom. The zero-order valence-corrected chi connectivity index (χ0v) is 10.5. The van der Waals surface area contributed by atoms with Gasteiger partial charge >= 0.3 is 0 Å². The lowest BCUT2D eigenvalue weighted by Gasteiger charge is -2.29. The summed E-state index contributed by atoms with van der Waals surface area (Å²) in [4.78, 5) is 0. The molecule has 1 fully saturated rings. The number of hydrogen-bond donors (Lipinski definition) is 0. The molecule has 2 rings (SSSR count). The van der Waals surface area contributed by atoms with Crippen LogP contribution in [0, 0.1) is 0 Å². The number of ether oxygens (including phenoxy) is 3. The second-order valence-electron chi connectivity index (χ2n) is 3.89. The zero-order valence-electron chi connectivity index (χ0n) is 9.70. The van der Waals surface area contributed by atoms with E-state index >= 15 is 0 Å². The first-order valence-electron chi connectivity index (χ1n) is 5.45. The van der Waals surface area contributed by atoms with Crippen molar-refractivity contribution in [1.29, 1.82) is 0 Å². The second-order valence-corrected chi connectivity index (χ2v) is 5.27. The largest absolute Gasteiger partial charge is 0.615 e. The maximum Gasteiger partial charge on any atom is 0.205 e. The number of benzene rings is 1. The molecule has 1 unspecified atom stereocenters. The third-order valence-corrected chi connectivity index (χ3v) is 2.88. The topological polar surface area (TPSA) is 50.8 Å². The molecule has 0 saturated carbocycles. The molecule has 5 heteroatoms. The van der Waals surface area contributed by atoms with Crippen LogP contribution in [-0.4, -0.2) is 36.1 Å². The molecule has 4 nitrogen and oxygen atoms in total. The second kappa shape index (κ2) is 6.37. The molecule has 1 aliphatic heterocycles. The molecule has 1 atom stereocenters. The molecule has 0 bridgehead atoms. The van der Waals surface area contributed by atoms with Gasteiger partial charge in [0.05, 0.1) is 19.5 Å². The highest BCUT2D eigenvalue weighted by atomic mass is 32.2. The molecule has 17 heavy (non-hydrogen) atoms. The molecular weight excluding hydrogens is 240 g/mol. The Morgan fingerprint density at radius 3 is 2.53 bits per heavy atom. The van der Waals surface area contributed by atoms with Gasteiger partial charge in [-0.05, 0) is 11.2 Å². The van der Waals surface area contributed by atoms with Crippen LogP contribution in [0.5, 0.6) is 0 Å². The summed E-state index contributed by atoms with van der Waals surface area (Å²) < 4.78 is 27.4.